The largest absolute Gasteiger partial charge is 0.514 e. The van der Waals surface area contributed by atoms with Gasteiger partial charge in [0.2, 0.25) is 41.4 Å². The number of carboxylic acid groups (broad SMARTS) is 2. The number of nitro benzene ring substituents is 1. The molecule has 1 aliphatic heterocycles. The number of methoxy groups -OCH3 is 2. The fraction of sp³-hybridized carbons (Fsp3) is 0.574. The molecule has 1 fully saturated rings. The number of benzene rings is 4. The number of anilines is 2. The summed E-state index contributed by atoms with van der Waals surface area (Å²) >= 11 is 0. The molecule has 1 saturated heterocycles. The number of non-ortho nitro benzene ring substituents is 1. The Morgan fingerprint density at radius 3 is 1.40 bits per heavy atom. The molecule has 0 unspecified atom stereocenters. The number of nitrogens with two attached hydrogens (primary N) is 2. The minimum absolute atomic E-state index is 0.0639. The highest BCUT2D eigenvalue weighted by atomic mass is 16.7. The van der Waals surface area contributed by atoms with E-state index in [0.29, 0.717) is 118 Å². The molecule has 149 heavy (non-hydrogen) atoms. The van der Waals surface area contributed by atoms with Crippen molar-refractivity contribution in [2.24, 2.45) is 64.7 Å². The van der Waals surface area contributed by atoms with Crippen LogP contribution in [0, 0.1) is 63.4 Å². The van der Waals surface area contributed by atoms with Gasteiger partial charge in [-0.1, -0.05) is 163 Å². The second-order valence-corrected chi connectivity index (χ2v) is 39.2. The number of nitrogens with zero attached hydrogens (tertiary/aromatic N) is 4. The van der Waals surface area contributed by atoms with Gasteiger partial charge in [-0.15, -0.1) is 0 Å². The number of aliphatic hydroxyl groups is 1. The van der Waals surface area contributed by atoms with E-state index >= 15 is 0 Å². The van der Waals surface area contributed by atoms with Gasteiger partial charge in [0.25, 0.3) is 5.69 Å². The number of ether oxygens (including phenoxy) is 5. The lowest BCUT2D eigenvalue weighted by molar-refractivity contribution is -0.384. The van der Waals surface area contributed by atoms with Gasteiger partial charge in [-0.2, -0.15) is 0 Å². The number of nitrogens with one attached hydrogen (secondary N) is 7. The van der Waals surface area contributed by atoms with Crippen molar-refractivity contribution in [1.29, 1.82) is 0 Å². The maximum Gasteiger partial charge on any atom is 0.514 e. The maximum absolute atomic E-state index is 14.9. The number of hydrogen-bond acceptors (Lipinski definition) is 26. The first-order valence-corrected chi connectivity index (χ1v) is 51.1. The molecule has 41 heteroatoms. The third-order valence-corrected chi connectivity index (χ3v) is 26.2. The van der Waals surface area contributed by atoms with E-state index < -0.39 is 131 Å². The number of Topliss-reactive ketones (excluding diaryl/α,β-unsaturated/α-hetero) is 3. The monoisotopic (exact) mass is 2080 g/mol. The number of primary amides is 2. The van der Waals surface area contributed by atoms with Crippen molar-refractivity contribution in [2.45, 2.75) is 299 Å². The van der Waals surface area contributed by atoms with Gasteiger partial charge in [0.15, 0.2) is 28.9 Å². The van der Waals surface area contributed by atoms with Crippen LogP contribution in [0.15, 0.2) is 127 Å². The van der Waals surface area contributed by atoms with Crippen molar-refractivity contribution >= 4 is 124 Å². The molecule has 0 aromatic heterocycles. The van der Waals surface area contributed by atoms with Crippen molar-refractivity contribution in [2.75, 3.05) is 58.6 Å². The smallest absolute Gasteiger partial charge is 0.478 e. The Balaban J connectivity index is 0.000000722. The van der Waals surface area contributed by atoms with Crippen LogP contribution in [0.1, 0.15) is 254 Å². The molecule has 41 nitrogen and oxygen atoms in total. The van der Waals surface area contributed by atoms with Gasteiger partial charge in [0.1, 0.15) is 19.0 Å². The third-order valence-electron chi connectivity index (χ3n) is 26.2. The van der Waals surface area contributed by atoms with E-state index in [1.165, 1.54) is 50.4 Å². The summed E-state index contributed by atoms with van der Waals surface area (Å²) in [4.78, 5) is 246. The molecule has 14 N–H and O–H groups in total. The van der Waals surface area contributed by atoms with Crippen LogP contribution in [0.3, 0.4) is 0 Å². The normalized spacial score (nSPS) is 15.0. The number of urea groups is 2. The Labute approximate surface area is 872 Å². The molecule has 12 amide bonds. The van der Waals surface area contributed by atoms with Crippen LogP contribution < -0.4 is 53.4 Å². The fourth-order valence-corrected chi connectivity index (χ4v) is 17.7. The second-order valence-electron chi connectivity index (χ2n) is 39.2. The zero-order valence-corrected chi connectivity index (χ0v) is 88.8. The van der Waals surface area contributed by atoms with Crippen molar-refractivity contribution in [3.05, 3.63) is 154 Å². The number of unbranched alkanes of at least 4 members (excludes halogenated alkanes) is 6. The summed E-state index contributed by atoms with van der Waals surface area (Å²) in [6.07, 6.45) is 7.30. The van der Waals surface area contributed by atoms with E-state index in [2.05, 4.69) is 37.2 Å². The van der Waals surface area contributed by atoms with E-state index in [0.717, 1.165) is 24.3 Å². The van der Waals surface area contributed by atoms with Gasteiger partial charge in [-0.05, 0) is 166 Å². The first-order chi connectivity index (χ1) is 70.5. The van der Waals surface area contributed by atoms with Gasteiger partial charge < -0.3 is 102 Å². The summed E-state index contributed by atoms with van der Waals surface area (Å²) in [6, 6.07) is 21.1. The van der Waals surface area contributed by atoms with Crippen LogP contribution in [-0.2, 0) is 99.3 Å². The van der Waals surface area contributed by atoms with Crippen LogP contribution in [0.2, 0.25) is 0 Å². The Hall–Kier alpha value is -13.7. The van der Waals surface area contributed by atoms with E-state index in [4.69, 9.17) is 45.4 Å². The number of rotatable bonds is 67. The molecule has 0 saturated carbocycles. The van der Waals surface area contributed by atoms with Crippen molar-refractivity contribution < 1.29 is 130 Å². The molecular weight excluding hydrogens is 1930 g/mol. The zero-order chi connectivity index (χ0) is 111. The van der Waals surface area contributed by atoms with Gasteiger partial charge in [0, 0.05) is 146 Å². The molecule has 1 aliphatic rings. The van der Waals surface area contributed by atoms with E-state index in [-0.39, 0.29) is 190 Å². The summed E-state index contributed by atoms with van der Waals surface area (Å²) in [7, 11) is 6.18. The molecule has 4 aromatic rings. The molecule has 1 heterocycles. The van der Waals surface area contributed by atoms with Crippen molar-refractivity contribution in [1.82, 2.24) is 41.3 Å². The van der Waals surface area contributed by atoms with E-state index in [1.807, 2.05) is 45.9 Å². The summed E-state index contributed by atoms with van der Waals surface area (Å²) in [5.74, 6) is -11.0. The number of likely N-dealkylation sites (N-methyl/N-ethyl adjacent to an activating group) is 2. The lowest BCUT2D eigenvalue weighted by atomic mass is 9.83. The lowest BCUT2D eigenvalue weighted by Crippen LogP contribution is -2.55. The zero-order valence-electron chi connectivity index (χ0n) is 88.8. The first-order valence-electron chi connectivity index (χ1n) is 51.1. The minimum atomic E-state index is -1.20. The standard InChI is InChI=1S/C71H110N8O16.C37H47N5O12/c1-15-46(8)64(58(93-13)41-60(84)79-38-24-29-55(79)66(94-14)47(9)67(88)74-48(10)65(87)50-25-19-18-20-26-50)77(11)69(90)54(43(2)3)40-57(82)63(45(6)7)78(12)71(92)95-42-49-31-33-52(34-32-49)75-68(89)51(27-23-37-73-70(72)91)39-56(81)62(44(4)5)76-59(83)30-22-17-16-21-28-53(80)35-36-61(85)86;1-24(2)34(41-32(45)10-6-4-3-5-9-29(43)17-20-33(46)47)31(44)22-26(8-7-21-39-36(38)49)35(48)40-27-13-11-25(12-14-27)23-53-37(50)54-30-18-15-28(16-19-30)42(51)52/h18-20,25-26,31-36,43-48,51,54-55,58,62-66,87H,15-17,21-24,27-30,37-42H2,1-14H3,(H,74,88)(H,75,89)(H,76,83)(H,85,86)(H3,72,73,91);11-20,24,26,34H,3-10,21-23H2,1-2H3,(H,40,48)(H,41,45)(H,46,47)(H3,38,39,49)/b36-35-;20-17-/t46-,47+,48+,51+,54-,55-,58+,62-,63-,64-,65+,66+;26-,34+/m01/s1. The molecular formula is C108H157N13O28. The Morgan fingerprint density at radius 2 is 0.987 bits per heavy atom. The topological polar surface area (TPSA) is 603 Å². The van der Waals surface area contributed by atoms with Crippen LogP contribution in [0.25, 0.3) is 0 Å². The molecule has 0 spiro atoms. The fourth-order valence-electron chi connectivity index (χ4n) is 17.7. The number of nitro groups is 1. The first kappa shape index (κ1) is 128. The van der Waals surface area contributed by atoms with Crippen molar-refractivity contribution in [3.63, 3.8) is 0 Å². The van der Waals surface area contributed by atoms with Gasteiger partial charge in [-0.25, -0.2) is 28.8 Å². The molecule has 4 aromatic carbocycles. The van der Waals surface area contributed by atoms with Crippen LogP contribution in [-0.4, -0.2) is 238 Å². The predicted octanol–water partition coefficient (Wildman–Crippen LogP) is 13.3. The summed E-state index contributed by atoms with van der Waals surface area (Å²) in [5.41, 5.74) is 12.8. The quantitative estimate of drug-likeness (QED) is 0.00488. The average molecular weight is 2090 g/mol. The maximum atomic E-state index is 14.9. The number of carbonyl (C=O) groups excluding carboxylic acids is 16. The van der Waals surface area contributed by atoms with Gasteiger partial charge >= 0.3 is 36.2 Å². The second kappa shape index (κ2) is 67.3. The predicted molar refractivity (Wildman–Crippen MR) is 556 cm³/mol. The summed E-state index contributed by atoms with van der Waals surface area (Å²) in [6.45, 7) is 22.4. The Kier molecular flexibility index (Phi) is 57.6. The molecule has 822 valence electrons. The van der Waals surface area contributed by atoms with E-state index in [9.17, 15) is 102 Å². The number of amides is 12. The molecule has 0 radical (unpaired) electrons. The number of aliphatic carboxylic acids is 2. The molecule has 14 atom stereocenters. The summed E-state index contributed by atoms with van der Waals surface area (Å²) in [5, 5.41) is 58.2. The average Bonchev–Trinajstić information content (AvgIpc) is 1.55. The third kappa shape index (κ3) is 46.7. The van der Waals surface area contributed by atoms with E-state index in [1.54, 1.807) is 133 Å². The minimum Gasteiger partial charge on any atom is -0.478 e. The van der Waals surface area contributed by atoms with Crippen LogP contribution in [0.5, 0.6) is 5.75 Å². The SMILES string of the molecule is CC(C)[C@H](NC(=O)CCCCCCC(=O)/C=C\C(=O)O)C(=O)C[C@@H](CCCNC(N)=O)C(=O)Nc1ccc(COC(=O)Oc2ccc([N+](=O)[O-])cc2)cc1.CC[C@H](C)[C@@H]([C@@H](CC(=O)N1CCC[C@H]1[C@H](OC)[C@@H](C)C(=O)N[C@H](C)[C@@H](O)c1ccccc1)OC)N(C)C(=O)[C@@H](CC(=O)[C@H](C(C)C)N(C)C(=O)OCc1ccc(NC(=O)[C@H](CCCNC(N)=O)CC(=O)[C@@H](NC(=O)CCCCCCC(=O)/C=C\C(=O)O)C(C)C)cc1)C(C)C. The van der Waals surface area contributed by atoms with Gasteiger partial charge in [0.05, 0.1) is 71.8 Å². The lowest BCUT2D eigenvalue weighted by Gasteiger charge is -2.41. The van der Waals surface area contributed by atoms with Gasteiger partial charge in [-0.3, -0.25) is 67.6 Å². The number of carboxylic acids is 2. The number of allylic oxidation sites excluding steroid dienone is 2. The number of carbonyl (C=O) groups is 18. The van der Waals surface area contributed by atoms with Crippen molar-refractivity contribution in [3.8, 4) is 5.75 Å². The van der Waals surface area contributed by atoms with Crippen LogP contribution >= 0.6 is 0 Å². The summed E-state index contributed by atoms with van der Waals surface area (Å²) < 4.78 is 27.9. The highest BCUT2D eigenvalue weighted by Crippen LogP contribution is 2.34. The number of hydrogen-bond donors (Lipinski definition) is 12. The number of ketones is 5. The molecule has 5 rings (SSSR count). The number of aliphatic hydroxyl groups excluding tert-OH is 1. The van der Waals surface area contributed by atoms with Crippen LogP contribution in [0.4, 0.5) is 36.2 Å². The highest BCUT2D eigenvalue weighted by Gasteiger charge is 2.45. The number of likely N-dealkylation sites (tertiary alicyclic amines) is 1. The Morgan fingerprint density at radius 1 is 0.523 bits per heavy atom. The Bertz CT molecular complexity index is 5090. The molecule has 0 bridgehead atoms. The highest BCUT2D eigenvalue weighted by molar-refractivity contribution is 6.00. The molecule has 0 aliphatic carbocycles.